The molecule has 1 unspecified atom stereocenters. The van der Waals surface area contributed by atoms with Crippen molar-refractivity contribution < 1.29 is 8.78 Å². The van der Waals surface area contributed by atoms with E-state index >= 15 is 8.78 Å². The second kappa shape index (κ2) is 18.9. The van der Waals surface area contributed by atoms with Gasteiger partial charge < -0.3 is 9.80 Å². The molecule has 0 aromatic heterocycles. The third kappa shape index (κ3) is 7.97. The maximum atomic E-state index is 15.5. The molecule has 0 saturated carbocycles. The quantitative estimate of drug-likeness (QED) is 0.111. The summed E-state index contributed by atoms with van der Waals surface area (Å²) in [5.74, 6) is -0.291. The van der Waals surface area contributed by atoms with Gasteiger partial charge in [-0.3, -0.25) is 0 Å². The number of allylic oxidation sites excluding steroid dienone is 3. The normalized spacial score (nSPS) is 13.6. The standard InChI is InChI=1S/C76H52F2N2/c1-47-13-9-23-67-69-43-63(79(59-21-11-19-57(77)41-59)61-31-29-53-37-51(25-27-55(53)39-61)49-15-5-3-6-16-49)33-35-65(69)71-46-74-72(45-73(71)75(47)67)66-36-34-64(44-70(66)68-24-10-14-48(2)76(68)74)80(60-22-12-20-58(78)42-60)62-32-30-54-38-52(26-28-56(54)40-62)50-17-7-4-8-18-50/h3-19,21-46,58H,20H2,1-2H3. The van der Waals surface area contributed by atoms with Crippen LogP contribution in [0, 0.1) is 19.7 Å². The van der Waals surface area contributed by atoms with E-state index in [1.807, 2.05) is 24.3 Å². The van der Waals surface area contributed by atoms with Crippen LogP contribution in [0.2, 0.25) is 0 Å². The van der Waals surface area contributed by atoms with Crippen molar-refractivity contribution in [3.05, 3.63) is 284 Å². The summed E-state index contributed by atoms with van der Waals surface area (Å²) in [4.78, 5) is 4.39. The molecule has 1 atom stereocenters. The van der Waals surface area contributed by atoms with Crippen LogP contribution in [0.15, 0.2) is 267 Å². The van der Waals surface area contributed by atoms with Gasteiger partial charge in [0.25, 0.3) is 0 Å². The Morgan fingerprint density at radius 2 is 0.787 bits per heavy atom. The number of fused-ring (bicyclic) bond motifs is 14. The first-order valence-electron chi connectivity index (χ1n) is 27.5. The topological polar surface area (TPSA) is 6.48 Å². The Hall–Kier alpha value is -9.90. The molecular weight excluding hydrogens is 979 g/mol. The average Bonchev–Trinajstić information content (AvgIpc) is 3.63. The van der Waals surface area contributed by atoms with E-state index in [9.17, 15) is 0 Å². The molecule has 0 bridgehead atoms. The zero-order valence-electron chi connectivity index (χ0n) is 44.3. The van der Waals surface area contributed by atoms with Gasteiger partial charge in [0.1, 0.15) is 12.0 Å². The molecule has 4 heteroatoms. The molecule has 380 valence electrons. The zero-order valence-corrected chi connectivity index (χ0v) is 44.3. The zero-order chi connectivity index (χ0) is 53.6. The number of alkyl halides is 1. The molecule has 80 heavy (non-hydrogen) atoms. The minimum absolute atomic E-state index is 0.291. The Balaban J connectivity index is 0.912. The lowest BCUT2D eigenvalue weighted by Crippen LogP contribution is -2.18. The van der Waals surface area contributed by atoms with Crippen molar-refractivity contribution in [3.8, 4) is 22.3 Å². The van der Waals surface area contributed by atoms with Crippen LogP contribution < -0.4 is 9.80 Å². The second-order valence-electron chi connectivity index (χ2n) is 21.5. The molecule has 0 amide bonds. The number of anilines is 5. The summed E-state index contributed by atoms with van der Waals surface area (Å²) < 4.78 is 30.8. The van der Waals surface area contributed by atoms with Crippen LogP contribution in [-0.2, 0) is 0 Å². The van der Waals surface area contributed by atoms with E-state index in [2.05, 4.69) is 236 Å². The van der Waals surface area contributed by atoms with Crippen molar-refractivity contribution in [3.63, 3.8) is 0 Å². The molecule has 0 fully saturated rings. The van der Waals surface area contributed by atoms with Gasteiger partial charge in [0.05, 0.1) is 0 Å². The summed E-state index contributed by atoms with van der Waals surface area (Å²) in [6.07, 6.45) is 5.04. The molecule has 1 aliphatic rings. The SMILES string of the molecule is Cc1cccc2c3cc(N(C4=CC(F)CC=C4)c4ccc5cc(-c6ccccc6)ccc5c4)ccc3c3cc4c(cc3c12)c1ccc(N(c2cccc(F)c2)c2ccc3cc(-c5ccccc5)ccc3c2)cc1c1cccc(C)c14. The van der Waals surface area contributed by atoms with Crippen molar-refractivity contribution in [1.29, 1.82) is 0 Å². The maximum Gasteiger partial charge on any atom is 0.125 e. The molecule has 1 aliphatic carbocycles. The fraction of sp³-hybridized carbons (Fsp3) is 0.0526. The minimum atomic E-state index is -1.08. The van der Waals surface area contributed by atoms with Crippen molar-refractivity contribution in [2.45, 2.75) is 26.4 Å². The highest BCUT2D eigenvalue weighted by Gasteiger charge is 2.23. The van der Waals surface area contributed by atoms with Crippen LogP contribution in [0.5, 0.6) is 0 Å². The Labute approximate surface area is 463 Å². The first-order valence-corrected chi connectivity index (χ1v) is 27.5. The third-order valence-corrected chi connectivity index (χ3v) is 16.6. The van der Waals surface area contributed by atoms with Crippen LogP contribution >= 0.6 is 0 Å². The highest BCUT2D eigenvalue weighted by molar-refractivity contribution is 6.34. The van der Waals surface area contributed by atoms with Gasteiger partial charge in [-0.05, 0) is 237 Å². The van der Waals surface area contributed by atoms with E-state index in [1.165, 1.54) is 66.2 Å². The van der Waals surface area contributed by atoms with Gasteiger partial charge in [-0.1, -0.05) is 158 Å². The Bertz CT molecular complexity index is 4920. The van der Waals surface area contributed by atoms with Gasteiger partial charge in [0.15, 0.2) is 0 Å². The van der Waals surface area contributed by atoms with E-state index in [-0.39, 0.29) is 5.82 Å². The molecular formula is C76H52F2N2. The number of rotatable bonds is 8. The molecule has 2 nitrogen and oxygen atoms in total. The Kier molecular flexibility index (Phi) is 11.2. The second-order valence-corrected chi connectivity index (χ2v) is 21.5. The summed E-state index contributed by atoms with van der Waals surface area (Å²) in [6, 6.07) is 85.8. The Morgan fingerprint density at radius 3 is 1.32 bits per heavy atom. The van der Waals surface area contributed by atoms with Gasteiger partial charge in [0, 0.05) is 40.6 Å². The van der Waals surface area contributed by atoms with E-state index in [4.69, 9.17) is 0 Å². The van der Waals surface area contributed by atoms with Crippen molar-refractivity contribution in [2.24, 2.45) is 0 Å². The summed E-state index contributed by atoms with van der Waals surface area (Å²) in [5.41, 5.74) is 12.4. The lowest BCUT2D eigenvalue weighted by atomic mass is 9.86. The van der Waals surface area contributed by atoms with Crippen LogP contribution in [0.25, 0.3) is 108 Å². The third-order valence-electron chi connectivity index (χ3n) is 16.6. The van der Waals surface area contributed by atoms with Gasteiger partial charge in [0.2, 0.25) is 0 Å². The first kappa shape index (κ1) is 47.3. The lowest BCUT2D eigenvalue weighted by molar-refractivity contribution is 0.399. The summed E-state index contributed by atoms with van der Waals surface area (Å²) in [6.45, 7) is 4.43. The number of hydrogen-bond acceptors (Lipinski definition) is 2. The van der Waals surface area contributed by atoms with Crippen LogP contribution in [0.4, 0.5) is 37.2 Å². The summed E-state index contributed by atoms with van der Waals surface area (Å²) in [7, 11) is 0. The van der Waals surface area contributed by atoms with E-state index in [0.29, 0.717) is 6.42 Å². The van der Waals surface area contributed by atoms with Crippen LogP contribution in [0.3, 0.4) is 0 Å². The number of hydrogen-bond donors (Lipinski definition) is 0. The molecule has 0 radical (unpaired) electrons. The number of halogens is 2. The predicted molar refractivity (Wildman–Crippen MR) is 337 cm³/mol. The lowest BCUT2D eigenvalue weighted by Gasteiger charge is -2.29. The average molecular weight is 1030 g/mol. The highest BCUT2D eigenvalue weighted by Crippen LogP contribution is 2.47. The summed E-state index contributed by atoms with van der Waals surface area (Å²) >= 11 is 0. The molecule has 0 saturated heterocycles. The molecule has 0 spiro atoms. The molecule has 14 aromatic rings. The fourth-order valence-electron chi connectivity index (χ4n) is 12.9. The van der Waals surface area contributed by atoms with Gasteiger partial charge in [-0.15, -0.1) is 0 Å². The number of nitrogens with zero attached hydrogens (tertiary/aromatic N) is 2. The van der Waals surface area contributed by atoms with Gasteiger partial charge in [-0.25, -0.2) is 8.78 Å². The van der Waals surface area contributed by atoms with Gasteiger partial charge >= 0.3 is 0 Å². The fourth-order valence-corrected chi connectivity index (χ4v) is 12.9. The maximum absolute atomic E-state index is 15.5. The largest absolute Gasteiger partial charge is 0.311 e. The van der Waals surface area contributed by atoms with E-state index < -0.39 is 6.17 Å². The number of benzene rings is 14. The van der Waals surface area contributed by atoms with Crippen LogP contribution in [0.1, 0.15) is 17.5 Å². The van der Waals surface area contributed by atoms with Crippen molar-refractivity contribution in [1.82, 2.24) is 0 Å². The molecule has 0 aliphatic heterocycles. The predicted octanol–water partition coefficient (Wildman–Crippen LogP) is 21.8. The monoisotopic (exact) mass is 1030 g/mol. The molecule has 0 N–H and O–H groups in total. The molecule has 14 aromatic carbocycles. The van der Waals surface area contributed by atoms with E-state index in [1.54, 1.807) is 18.2 Å². The van der Waals surface area contributed by atoms with Crippen molar-refractivity contribution in [2.75, 3.05) is 9.80 Å². The minimum Gasteiger partial charge on any atom is -0.311 e. The molecule has 0 heterocycles. The smallest absolute Gasteiger partial charge is 0.125 e. The molecule has 15 rings (SSSR count). The summed E-state index contributed by atoms with van der Waals surface area (Å²) in [5, 5.41) is 18.5. The highest BCUT2D eigenvalue weighted by atomic mass is 19.1. The van der Waals surface area contributed by atoms with E-state index in [0.717, 1.165) is 93.6 Å². The Morgan fingerprint density at radius 1 is 0.338 bits per heavy atom. The number of aryl methyl sites for hydroxylation is 2. The van der Waals surface area contributed by atoms with Crippen LogP contribution in [-0.4, -0.2) is 6.17 Å². The van der Waals surface area contributed by atoms with Gasteiger partial charge in [-0.2, -0.15) is 0 Å². The first-order chi connectivity index (χ1) is 39.3. The van der Waals surface area contributed by atoms with Crippen molar-refractivity contribution >= 4 is 115 Å².